The van der Waals surface area contributed by atoms with Gasteiger partial charge in [0, 0.05) is 24.9 Å². The van der Waals surface area contributed by atoms with Crippen molar-refractivity contribution in [2.24, 2.45) is 5.92 Å². The van der Waals surface area contributed by atoms with Gasteiger partial charge in [-0.2, -0.15) is 0 Å². The Hall–Kier alpha value is -2.35. The molecule has 1 fully saturated rings. The molecule has 0 aromatic heterocycles. The number of esters is 1. The molecule has 1 aromatic rings. The number of anilines is 1. The molecule has 142 valence electrons. The number of piperidine rings is 1. The predicted octanol–water partition coefficient (Wildman–Crippen LogP) is 1.87. The Morgan fingerprint density at radius 3 is 2.62 bits per heavy atom. The molecule has 1 heterocycles. The van der Waals surface area contributed by atoms with Gasteiger partial charge in [-0.3, -0.25) is 14.3 Å². The highest BCUT2D eigenvalue weighted by Gasteiger charge is 2.28. The summed E-state index contributed by atoms with van der Waals surface area (Å²) in [6, 6.07) is 6.69. The minimum Gasteiger partial charge on any atom is -0.466 e. The largest absolute Gasteiger partial charge is 0.466 e. The average molecular weight is 380 g/mol. The number of ether oxygens (including phenoxy) is 1. The van der Waals surface area contributed by atoms with Gasteiger partial charge in [0.2, 0.25) is 15.9 Å². The zero-order valence-corrected chi connectivity index (χ0v) is 15.8. The number of nitrogens with one attached hydrogen (secondary N) is 1. The van der Waals surface area contributed by atoms with Crippen molar-refractivity contribution >= 4 is 33.7 Å². The molecule has 1 saturated heterocycles. The second-order valence-corrected chi connectivity index (χ2v) is 7.95. The minimum absolute atomic E-state index is 0.155. The highest BCUT2D eigenvalue weighted by molar-refractivity contribution is 7.92. The summed E-state index contributed by atoms with van der Waals surface area (Å²) in [6.45, 7) is 3.10. The molecule has 7 nitrogen and oxygen atoms in total. The summed E-state index contributed by atoms with van der Waals surface area (Å²) in [4.78, 5) is 25.9. The molecule has 0 saturated carbocycles. The van der Waals surface area contributed by atoms with E-state index in [0.717, 1.165) is 24.7 Å². The minimum atomic E-state index is -3.31. The van der Waals surface area contributed by atoms with Crippen molar-refractivity contribution in [3.05, 3.63) is 35.9 Å². The summed E-state index contributed by atoms with van der Waals surface area (Å²) in [5.74, 6) is -0.664. The fourth-order valence-electron chi connectivity index (χ4n) is 2.78. The molecular weight excluding hydrogens is 356 g/mol. The number of carbonyl (C=O) groups is 2. The van der Waals surface area contributed by atoms with E-state index in [-0.39, 0.29) is 17.8 Å². The third kappa shape index (κ3) is 6.18. The first-order valence-electron chi connectivity index (χ1n) is 8.50. The molecule has 1 amide bonds. The maximum Gasteiger partial charge on any atom is 0.310 e. The lowest BCUT2D eigenvalue weighted by Gasteiger charge is -2.30. The number of nitrogens with zero attached hydrogens (tertiary/aromatic N) is 1. The molecule has 1 aromatic carbocycles. The number of likely N-dealkylation sites (tertiary alicyclic amines) is 1. The van der Waals surface area contributed by atoms with Crippen LogP contribution < -0.4 is 4.72 Å². The highest BCUT2D eigenvalue weighted by atomic mass is 32.2. The van der Waals surface area contributed by atoms with Crippen LogP contribution in [0.4, 0.5) is 5.69 Å². The van der Waals surface area contributed by atoms with E-state index in [1.165, 1.54) is 6.08 Å². The zero-order valence-electron chi connectivity index (χ0n) is 15.0. The maximum atomic E-state index is 12.3. The molecule has 1 aliphatic heterocycles. The summed E-state index contributed by atoms with van der Waals surface area (Å²) in [7, 11) is -3.31. The van der Waals surface area contributed by atoms with E-state index in [9.17, 15) is 18.0 Å². The van der Waals surface area contributed by atoms with Crippen molar-refractivity contribution in [1.29, 1.82) is 0 Å². The zero-order chi connectivity index (χ0) is 19.2. The van der Waals surface area contributed by atoms with Crippen LogP contribution in [0.5, 0.6) is 0 Å². The molecule has 0 radical (unpaired) electrons. The topological polar surface area (TPSA) is 92.8 Å². The first-order chi connectivity index (χ1) is 12.3. The second kappa shape index (κ2) is 8.84. The van der Waals surface area contributed by atoms with Gasteiger partial charge in [0.25, 0.3) is 0 Å². The fourth-order valence-corrected chi connectivity index (χ4v) is 3.34. The van der Waals surface area contributed by atoms with Gasteiger partial charge in [0.15, 0.2) is 0 Å². The number of hydrogen-bond donors (Lipinski definition) is 1. The monoisotopic (exact) mass is 380 g/mol. The van der Waals surface area contributed by atoms with Gasteiger partial charge in [-0.15, -0.1) is 0 Å². The molecule has 1 atom stereocenters. The molecule has 1 unspecified atom stereocenters. The molecule has 2 rings (SSSR count). The first-order valence-corrected chi connectivity index (χ1v) is 10.4. The standard InChI is InChI=1S/C18H24N2O5S/c1-3-25-18(22)15-5-4-12-20(13-15)17(21)11-8-14-6-9-16(10-7-14)19-26(2,23)24/h6-11,15,19H,3-5,12-13H2,1-2H3/b11-8+. The predicted molar refractivity (Wildman–Crippen MR) is 99.9 cm³/mol. The molecule has 1 aliphatic rings. The van der Waals surface area contributed by atoms with E-state index < -0.39 is 10.0 Å². The summed E-state index contributed by atoms with van der Waals surface area (Å²) in [6.07, 6.45) is 5.73. The number of carbonyl (C=O) groups excluding carboxylic acids is 2. The first kappa shape index (κ1) is 20.0. The number of rotatable bonds is 6. The lowest BCUT2D eigenvalue weighted by atomic mass is 9.98. The van der Waals surface area contributed by atoms with E-state index >= 15 is 0 Å². The van der Waals surface area contributed by atoms with E-state index in [0.29, 0.717) is 25.4 Å². The van der Waals surface area contributed by atoms with Gasteiger partial charge in [-0.1, -0.05) is 12.1 Å². The Balaban J connectivity index is 1.95. The molecule has 0 spiro atoms. The van der Waals surface area contributed by atoms with E-state index in [4.69, 9.17) is 4.74 Å². The van der Waals surface area contributed by atoms with Crippen LogP contribution in [0.3, 0.4) is 0 Å². The number of amides is 1. The van der Waals surface area contributed by atoms with Crippen LogP contribution in [0.25, 0.3) is 6.08 Å². The summed E-state index contributed by atoms with van der Waals surface area (Å²) in [5.41, 5.74) is 1.24. The molecule has 26 heavy (non-hydrogen) atoms. The van der Waals surface area contributed by atoms with Crippen LogP contribution in [0, 0.1) is 5.92 Å². The number of hydrogen-bond acceptors (Lipinski definition) is 5. The highest BCUT2D eigenvalue weighted by Crippen LogP contribution is 2.19. The average Bonchev–Trinajstić information content (AvgIpc) is 2.60. The van der Waals surface area contributed by atoms with Gasteiger partial charge in [-0.05, 0) is 43.5 Å². The van der Waals surface area contributed by atoms with E-state index in [1.54, 1.807) is 42.2 Å². The van der Waals surface area contributed by atoms with E-state index in [1.807, 2.05) is 0 Å². The van der Waals surface area contributed by atoms with Crippen LogP contribution in [0.1, 0.15) is 25.3 Å². The second-order valence-electron chi connectivity index (χ2n) is 6.21. The Bertz CT molecular complexity index is 771. The molecule has 0 bridgehead atoms. The van der Waals surface area contributed by atoms with Gasteiger partial charge in [-0.25, -0.2) is 8.42 Å². The van der Waals surface area contributed by atoms with Gasteiger partial charge in [0.1, 0.15) is 0 Å². The van der Waals surface area contributed by atoms with E-state index in [2.05, 4.69) is 4.72 Å². The number of benzene rings is 1. The van der Waals surface area contributed by atoms with Gasteiger partial charge in [0.05, 0.1) is 18.8 Å². The Labute approximate surface area is 154 Å². The van der Waals surface area contributed by atoms with Crippen molar-refractivity contribution < 1.29 is 22.7 Å². The van der Waals surface area contributed by atoms with Gasteiger partial charge < -0.3 is 9.64 Å². The third-order valence-corrected chi connectivity index (χ3v) is 4.59. The summed E-state index contributed by atoms with van der Waals surface area (Å²) in [5, 5.41) is 0. The fraction of sp³-hybridized carbons (Fsp3) is 0.444. The quantitative estimate of drug-likeness (QED) is 0.601. The Kier molecular flexibility index (Phi) is 6.79. The summed E-state index contributed by atoms with van der Waals surface area (Å²) >= 11 is 0. The smallest absolute Gasteiger partial charge is 0.310 e. The van der Waals surface area contributed by atoms with Crippen molar-refractivity contribution in [3.8, 4) is 0 Å². The van der Waals surface area contributed by atoms with Crippen LogP contribution in [0.15, 0.2) is 30.3 Å². The number of sulfonamides is 1. The van der Waals surface area contributed by atoms with Crippen molar-refractivity contribution in [2.45, 2.75) is 19.8 Å². The van der Waals surface area contributed by atoms with Crippen molar-refractivity contribution in [1.82, 2.24) is 4.90 Å². The normalized spacial score (nSPS) is 17.9. The van der Waals surface area contributed by atoms with Crippen LogP contribution in [0.2, 0.25) is 0 Å². The maximum absolute atomic E-state index is 12.3. The molecular formula is C18H24N2O5S. The third-order valence-electron chi connectivity index (χ3n) is 3.99. The van der Waals surface area contributed by atoms with Crippen molar-refractivity contribution in [2.75, 3.05) is 30.7 Å². The SMILES string of the molecule is CCOC(=O)C1CCCN(C(=O)/C=C/c2ccc(NS(C)(=O)=O)cc2)C1. The van der Waals surface area contributed by atoms with Crippen LogP contribution in [-0.4, -0.2) is 51.1 Å². The summed E-state index contributed by atoms with van der Waals surface area (Å²) < 4.78 is 29.8. The van der Waals surface area contributed by atoms with Crippen LogP contribution >= 0.6 is 0 Å². The van der Waals surface area contributed by atoms with Crippen molar-refractivity contribution in [3.63, 3.8) is 0 Å². The Morgan fingerprint density at radius 2 is 2.00 bits per heavy atom. The molecule has 1 N–H and O–H groups in total. The molecule has 8 heteroatoms. The van der Waals surface area contributed by atoms with Gasteiger partial charge >= 0.3 is 5.97 Å². The Morgan fingerprint density at radius 1 is 1.31 bits per heavy atom. The lowest BCUT2D eigenvalue weighted by molar-refractivity contribution is -0.150. The lowest BCUT2D eigenvalue weighted by Crippen LogP contribution is -2.42. The van der Waals surface area contributed by atoms with Crippen LogP contribution in [-0.2, 0) is 24.3 Å². The molecule has 0 aliphatic carbocycles.